The highest BCUT2D eigenvalue weighted by atomic mass is 79.9. The number of rotatable bonds is 6. The molecule has 0 aliphatic rings. The molecule has 0 bridgehead atoms. The second-order valence-corrected chi connectivity index (χ2v) is 7.09. The molecule has 0 saturated carbocycles. The fourth-order valence-electron chi connectivity index (χ4n) is 2.32. The molecule has 25 heavy (non-hydrogen) atoms. The molecule has 0 saturated heterocycles. The fourth-order valence-corrected chi connectivity index (χ4v) is 3.17. The number of H-pyrrole nitrogens is 1. The van der Waals surface area contributed by atoms with Crippen LogP contribution < -0.4 is 10.2 Å². The number of aromatic amines is 1. The van der Waals surface area contributed by atoms with E-state index in [1.807, 2.05) is 49.4 Å². The highest BCUT2D eigenvalue weighted by Gasteiger charge is 2.08. The molecule has 0 unspecified atom stereocenters. The molecule has 8 heteroatoms. The van der Waals surface area contributed by atoms with E-state index in [9.17, 15) is 0 Å². The maximum atomic E-state index is 6.19. The van der Waals surface area contributed by atoms with Gasteiger partial charge in [-0.3, -0.25) is 5.10 Å². The standard InChI is InChI=1S/C17H16BrClN4OS/c1-11-21-22-17(25)23(11)20-9-13-8-14(18)6-7-16(13)24-10-12-4-2-3-5-15(12)19/h2-8,20H,9-10H2,1H3,(H,22,25). The van der Waals surface area contributed by atoms with E-state index in [2.05, 4.69) is 31.6 Å². The molecule has 0 fully saturated rings. The van der Waals surface area contributed by atoms with Crippen LogP contribution in [-0.4, -0.2) is 14.9 Å². The average molecular weight is 440 g/mol. The third kappa shape index (κ3) is 4.42. The number of benzene rings is 2. The maximum absolute atomic E-state index is 6.19. The summed E-state index contributed by atoms with van der Waals surface area (Å²) < 4.78 is 9.21. The molecule has 2 aromatic carbocycles. The lowest BCUT2D eigenvalue weighted by atomic mass is 10.2. The number of aryl methyl sites for hydroxylation is 1. The Balaban J connectivity index is 1.76. The van der Waals surface area contributed by atoms with Gasteiger partial charge in [-0.25, -0.2) is 4.68 Å². The van der Waals surface area contributed by atoms with Crippen molar-refractivity contribution in [1.29, 1.82) is 0 Å². The van der Waals surface area contributed by atoms with Gasteiger partial charge in [-0.05, 0) is 43.4 Å². The normalized spacial score (nSPS) is 10.7. The first-order chi connectivity index (χ1) is 12.0. The molecular formula is C17H16BrClN4OS. The summed E-state index contributed by atoms with van der Waals surface area (Å²) in [4.78, 5) is 0. The number of nitrogens with one attached hydrogen (secondary N) is 2. The van der Waals surface area contributed by atoms with Crippen molar-refractivity contribution in [3.8, 4) is 5.75 Å². The first kappa shape index (κ1) is 18.0. The van der Waals surface area contributed by atoms with Gasteiger partial charge in [0.15, 0.2) is 0 Å². The van der Waals surface area contributed by atoms with Crippen LogP contribution in [0.2, 0.25) is 5.02 Å². The third-order valence-corrected chi connectivity index (χ3v) is 4.77. The molecule has 0 aliphatic heterocycles. The molecular weight excluding hydrogens is 424 g/mol. The van der Waals surface area contributed by atoms with E-state index < -0.39 is 0 Å². The number of nitrogens with zero attached hydrogens (tertiary/aromatic N) is 2. The Morgan fingerprint density at radius 3 is 2.80 bits per heavy atom. The van der Waals surface area contributed by atoms with Crippen molar-refractivity contribution < 1.29 is 4.74 Å². The topological polar surface area (TPSA) is 54.9 Å². The lowest BCUT2D eigenvalue weighted by molar-refractivity contribution is 0.303. The van der Waals surface area contributed by atoms with E-state index in [0.29, 0.717) is 22.9 Å². The molecule has 1 aromatic heterocycles. The Bertz CT molecular complexity index is 940. The van der Waals surface area contributed by atoms with Gasteiger partial charge in [0.1, 0.15) is 18.2 Å². The van der Waals surface area contributed by atoms with Gasteiger partial charge >= 0.3 is 0 Å². The molecule has 0 spiro atoms. The van der Waals surface area contributed by atoms with E-state index >= 15 is 0 Å². The predicted octanol–water partition coefficient (Wildman–Crippen LogP) is 4.99. The minimum atomic E-state index is 0.401. The maximum Gasteiger partial charge on any atom is 0.214 e. The van der Waals surface area contributed by atoms with Gasteiger partial charge in [-0.15, -0.1) is 0 Å². The van der Waals surface area contributed by atoms with E-state index in [4.69, 9.17) is 28.6 Å². The first-order valence-corrected chi connectivity index (χ1v) is 9.15. The Kier molecular flexibility index (Phi) is 5.78. The van der Waals surface area contributed by atoms with Gasteiger partial charge in [-0.2, -0.15) is 5.10 Å². The van der Waals surface area contributed by atoms with Crippen LogP contribution in [0.15, 0.2) is 46.9 Å². The predicted molar refractivity (Wildman–Crippen MR) is 105 cm³/mol. The Labute approximate surface area is 164 Å². The molecule has 0 aliphatic carbocycles. The lowest BCUT2D eigenvalue weighted by Gasteiger charge is -2.14. The molecule has 0 atom stereocenters. The molecule has 2 N–H and O–H groups in total. The van der Waals surface area contributed by atoms with E-state index in [1.165, 1.54) is 0 Å². The van der Waals surface area contributed by atoms with Crippen molar-refractivity contribution in [2.75, 3.05) is 5.43 Å². The van der Waals surface area contributed by atoms with Crippen molar-refractivity contribution in [3.05, 3.63) is 73.7 Å². The number of aromatic nitrogens is 3. The zero-order chi connectivity index (χ0) is 17.8. The van der Waals surface area contributed by atoms with Gasteiger partial charge in [0.05, 0.1) is 6.54 Å². The van der Waals surface area contributed by atoms with Gasteiger partial charge < -0.3 is 10.2 Å². The van der Waals surface area contributed by atoms with Crippen LogP contribution >= 0.6 is 39.7 Å². The molecule has 3 aromatic rings. The van der Waals surface area contributed by atoms with E-state index in [0.717, 1.165) is 27.2 Å². The van der Waals surface area contributed by atoms with Crippen LogP contribution in [0.3, 0.4) is 0 Å². The van der Waals surface area contributed by atoms with Crippen LogP contribution in [0, 0.1) is 11.7 Å². The summed E-state index contributed by atoms with van der Waals surface area (Å²) in [7, 11) is 0. The summed E-state index contributed by atoms with van der Waals surface area (Å²) in [6.07, 6.45) is 0. The summed E-state index contributed by atoms with van der Waals surface area (Å²) in [5.74, 6) is 1.54. The first-order valence-electron chi connectivity index (χ1n) is 7.57. The highest BCUT2D eigenvalue weighted by Crippen LogP contribution is 2.25. The smallest absolute Gasteiger partial charge is 0.214 e. The molecule has 1 heterocycles. The van der Waals surface area contributed by atoms with Crippen molar-refractivity contribution in [3.63, 3.8) is 0 Å². The van der Waals surface area contributed by atoms with Crippen LogP contribution in [-0.2, 0) is 13.2 Å². The number of ether oxygens (including phenoxy) is 1. The minimum Gasteiger partial charge on any atom is -0.488 e. The Morgan fingerprint density at radius 2 is 2.08 bits per heavy atom. The average Bonchev–Trinajstić information content (AvgIpc) is 2.91. The van der Waals surface area contributed by atoms with Crippen LogP contribution in [0.5, 0.6) is 5.75 Å². The quantitative estimate of drug-likeness (QED) is 0.531. The summed E-state index contributed by atoms with van der Waals surface area (Å²) in [6.45, 7) is 2.81. The largest absolute Gasteiger partial charge is 0.488 e. The highest BCUT2D eigenvalue weighted by molar-refractivity contribution is 9.10. The molecule has 3 rings (SSSR count). The van der Waals surface area contributed by atoms with Crippen LogP contribution in [0.25, 0.3) is 0 Å². The lowest BCUT2D eigenvalue weighted by Crippen LogP contribution is -2.16. The second kappa shape index (κ2) is 8.03. The van der Waals surface area contributed by atoms with E-state index in [-0.39, 0.29) is 0 Å². The second-order valence-electron chi connectivity index (χ2n) is 5.38. The summed E-state index contributed by atoms with van der Waals surface area (Å²) >= 11 is 14.9. The Hall–Kier alpha value is -1.83. The minimum absolute atomic E-state index is 0.401. The van der Waals surface area contributed by atoms with Crippen LogP contribution in [0.4, 0.5) is 0 Å². The van der Waals surface area contributed by atoms with E-state index in [1.54, 1.807) is 4.68 Å². The summed E-state index contributed by atoms with van der Waals surface area (Å²) in [6, 6.07) is 13.5. The molecule has 5 nitrogen and oxygen atoms in total. The van der Waals surface area contributed by atoms with Crippen LogP contribution in [0.1, 0.15) is 17.0 Å². The zero-order valence-electron chi connectivity index (χ0n) is 13.4. The van der Waals surface area contributed by atoms with Gasteiger partial charge in [0, 0.05) is 20.6 Å². The van der Waals surface area contributed by atoms with Crippen molar-refractivity contribution in [2.24, 2.45) is 0 Å². The molecule has 0 radical (unpaired) electrons. The van der Waals surface area contributed by atoms with Gasteiger partial charge in [0.25, 0.3) is 0 Å². The van der Waals surface area contributed by atoms with Gasteiger partial charge in [-0.1, -0.05) is 45.7 Å². The zero-order valence-corrected chi connectivity index (χ0v) is 16.6. The summed E-state index contributed by atoms with van der Waals surface area (Å²) in [5.41, 5.74) is 5.18. The van der Waals surface area contributed by atoms with Crippen molar-refractivity contribution in [2.45, 2.75) is 20.1 Å². The third-order valence-electron chi connectivity index (χ3n) is 3.63. The fraction of sp³-hybridized carbons (Fsp3) is 0.176. The monoisotopic (exact) mass is 438 g/mol. The molecule has 0 amide bonds. The SMILES string of the molecule is Cc1n[nH]c(=S)n1NCc1cc(Br)ccc1OCc1ccccc1Cl. The van der Waals surface area contributed by atoms with Gasteiger partial charge in [0.2, 0.25) is 4.77 Å². The van der Waals surface area contributed by atoms with Crippen molar-refractivity contribution in [1.82, 2.24) is 14.9 Å². The number of halogens is 2. The Morgan fingerprint density at radius 1 is 1.28 bits per heavy atom. The summed E-state index contributed by atoms with van der Waals surface area (Å²) in [5, 5.41) is 7.53. The number of hydrogen-bond donors (Lipinski definition) is 2. The van der Waals surface area contributed by atoms with Crippen molar-refractivity contribution >= 4 is 39.7 Å². The number of hydrogen-bond acceptors (Lipinski definition) is 4. The molecule has 130 valence electrons.